The van der Waals surface area contributed by atoms with Gasteiger partial charge < -0.3 is 14.8 Å². The Morgan fingerprint density at radius 2 is 1.89 bits per heavy atom. The minimum atomic E-state index is -0.588. The van der Waals surface area contributed by atoms with E-state index in [0.29, 0.717) is 35.1 Å². The Hall–Kier alpha value is -3.15. The molecule has 0 saturated heterocycles. The Labute approximate surface area is 163 Å². The molecule has 1 aliphatic heterocycles. The number of carbonyl (C=O) groups is 3. The van der Waals surface area contributed by atoms with Gasteiger partial charge in [-0.05, 0) is 54.8 Å². The lowest BCUT2D eigenvalue weighted by Crippen LogP contribution is -2.14. The first-order chi connectivity index (χ1) is 13.3. The molecule has 6 heteroatoms. The highest BCUT2D eigenvalue weighted by Gasteiger charge is 2.27. The zero-order valence-electron chi connectivity index (χ0n) is 16.2. The van der Waals surface area contributed by atoms with Crippen LogP contribution in [0.1, 0.15) is 53.0 Å². The molecule has 146 valence electrons. The molecule has 0 fully saturated rings. The third-order valence-electron chi connectivity index (χ3n) is 4.48. The number of hydrogen-bond acceptors (Lipinski definition) is 5. The van der Waals surface area contributed by atoms with Crippen LogP contribution >= 0.6 is 0 Å². The first-order valence-corrected chi connectivity index (χ1v) is 9.23. The monoisotopic (exact) mass is 381 g/mol. The van der Waals surface area contributed by atoms with E-state index in [0.717, 1.165) is 5.56 Å². The second kappa shape index (κ2) is 8.25. The summed E-state index contributed by atoms with van der Waals surface area (Å²) < 4.78 is 10.8. The van der Waals surface area contributed by atoms with Crippen LogP contribution < -0.4 is 10.1 Å². The Balaban J connectivity index is 1.61. The fraction of sp³-hybridized carbons (Fsp3) is 0.318. The fourth-order valence-corrected chi connectivity index (χ4v) is 2.86. The summed E-state index contributed by atoms with van der Waals surface area (Å²) in [4.78, 5) is 36.4. The van der Waals surface area contributed by atoms with Crippen LogP contribution in [0.3, 0.4) is 0 Å². The number of Topliss-reactive ketones (excluding diaryl/α,β-unsaturated/α-hetero) is 1. The van der Waals surface area contributed by atoms with Gasteiger partial charge in [-0.1, -0.05) is 19.9 Å². The van der Waals surface area contributed by atoms with Crippen molar-refractivity contribution in [2.75, 3.05) is 18.5 Å². The topological polar surface area (TPSA) is 81.7 Å². The number of esters is 1. The second-order valence-corrected chi connectivity index (χ2v) is 7.24. The standard InChI is InChI=1S/C22H23NO5/c1-13(2)11-27-17-6-4-5-16(9-17)22(26)28-12-20(24)15-7-8-19-18(10-15)14(3)21(25)23-19/h4-10,13-14H,11-12H2,1-3H3,(H,23,25)/t14-/m0/s1. The zero-order valence-corrected chi connectivity index (χ0v) is 16.2. The maximum atomic E-state index is 12.4. The molecule has 1 aliphatic rings. The first kappa shape index (κ1) is 19.6. The minimum Gasteiger partial charge on any atom is -0.493 e. The van der Waals surface area contributed by atoms with E-state index in [1.165, 1.54) is 0 Å². The van der Waals surface area contributed by atoms with Crippen LogP contribution in [-0.4, -0.2) is 30.9 Å². The van der Waals surface area contributed by atoms with E-state index in [9.17, 15) is 14.4 Å². The molecule has 28 heavy (non-hydrogen) atoms. The molecule has 0 bridgehead atoms. The lowest BCUT2D eigenvalue weighted by molar-refractivity contribution is -0.116. The molecule has 1 N–H and O–H groups in total. The number of amides is 1. The van der Waals surface area contributed by atoms with Crippen LogP contribution in [0.5, 0.6) is 5.75 Å². The maximum absolute atomic E-state index is 12.4. The normalized spacial score (nSPS) is 15.1. The number of ketones is 1. The molecule has 0 radical (unpaired) electrons. The van der Waals surface area contributed by atoms with Gasteiger partial charge in [0.1, 0.15) is 5.75 Å². The van der Waals surface area contributed by atoms with Crippen LogP contribution in [0.15, 0.2) is 42.5 Å². The van der Waals surface area contributed by atoms with Gasteiger partial charge >= 0.3 is 5.97 Å². The van der Waals surface area contributed by atoms with Gasteiger partial charge in [-0.3, -0.25) is 9.59 Å². The summed E-state index contributed by atoms with van der Waals surface area (Å²) in [5.74, 6) is -0.359. The van der Waals surface area contributed by atoms with Crippen LogP contribution in [0.2, 0.25) is 0 Å². The Morgan fingerprint density at radius 3 is 2.64 bits per heavy atom. The summed E-state index contributed by atoms with van der Waals surface area (Å²) in [6, 6.07) is 11.7. The zero-order chi connectivity index (χ0) is 20.3. The molecule has 0 spiro atoms. The number of nitrogens with one attached hydrogen (secondary N) is 1. The van der Waals surface area contributed by atoms with E-state index < -0.39 is 5.97 Å². The number of fused-ring (bicyclic) bond motifs is 1. The molecular weight excluding hydrogens is 358 g/mol. The highest BCUT2D eigenvalue weighted by Crippen LogP contribution is 2.32. The molecule has 2 aromatic carbocycles. The summed E-state index contributed by atoms with van der Waals surface area (Å²) in [5, 5.41) is 2.76. The average molecular weight is 381 g/mol. The Kier molecular flexibility index (Phi) is 5.78. The van der Waals surface area contributed by atoms with Crippen molar-refractivity contribution in [1.82, 2.24) is 0 Å². The Morgan fingerprint density at radius 1 is 1.11 bits per heavy atom. The third kappa shape index (κ3) is 4.39. The van der Waals surface area contributed by atoms with Crippen molar-refractivity contribution in [3.63, 3.8) is 0 Å². The number of hydrogen-bond donors (Lipinski definition) is 1. The number of benzene rings is 2. The SMILES string of the molecule is CC(C)COc1cccc(C(=O)OCC(=O)c2ccc3c(c2)[C@H](C)C(=O)N3)c1. The van der Waals surface area contributed by atoms with Crippen molar-refractivity contribution in [2.24, 2.45) is 5.92 Å². The Bertz CT molecular complexity index is 919. The first-order valence-electron chi connectivity index (χ1n) is 9.23. The van der Waals surface area contributed by atoms with Gasteiger partial charge in [0.05, 0.1) is 18.1 Å². The largest absolute Gasteiger partial charge is 0.493 e. The number of rotatable bonds is 7. The van der Waals surface area contributed by atoms with Crippen LogP contribution in [0, 0.1) is 5.92 Å². The number of carbonyl (C=O) groups excluding carboxylic acids is 3. The van der Waals surface area contributed by atoms with Gasteiger partial charge in [-0.25, -0.2) is 4.79 Å². The van der Waals surface area contributed by atoms with E-state index in [-0.39, 0.29) is 24.2 Å². The molecule has 0 unspecified atom stereocenters. The molecule has 6 nitrogen and oxygen atoms in total. The van der Waals surface area contributed by atoms with Crippen molar-refractivity contribution in [2.45, 2.75) is 26.7 Å². The predicted molar refractivity (Wildman–Crippen MR) is 105 cm³/mol. The summed E-state index contributed by atoms with van der Waals surface area (Å²) in [6.45, 7) is 6.03. The third-order valence-corrected chi connectivity index (χ3v) is 4.48. The van der Waals surface area contributed by atoms with Gasteiger partial charge in [0, 0.05) is 11.3 Å². The quantitative estimate of drug-likeness (QED) is 0.582. The van der Waals surface area contributed by atoms with E-state index in [2.05, 4.69) is 5.32 Å². The lowest BCUT2D eigenvalue weighted by atomic mass is 9.99. The number of ether oxygens (including phenoxy) is 2. The highest BCUT2D eigenvalue weighted by atomic mass is 16.5. The van der Waals surface area contributed by atoms with Gasteiger partial charge in [0.25, 0.3) is 0 Å². The molecule has 0 aliphatic carbocycles. The van der Waals surface area contributed by atoms with Crippen LogP contribution in [0.25, 0.3) is 0 Å². The molecule has 1 amide bonds. The van der Waals surface area contributed by atoms with Crippen molar-refractivity contribution in [3.05, 3.63) is 59.2 Å². The fourth-order valence-electron chi connectivity index (χ4n) is 2.86. The second-order valence-electron chi connectivity index (χ2n) is 7.24. The van der Waals surface area contributed by atoms with E-state index in [1.54, 1.807) is 49.4 Å². The van der Waals surface area contributed by atoms with Gasteiger partial charge in [0.15, 0.2) is 12.4 Å². The van der Waals surface area contributed by atoms with Crippen LogP contribution in [-0.2, 0) is 9.53 Å². The van der Waals surface area contributed by atoms with Gasteiger partial charge in [-0.15, -0.1) is 0 Å². The van der Waals surface area contributed by atoms with E-state index in [4.69, 9.17) is 9.47 Å². The van der Waals surface area contributed by atoms with Crippen LogP contribution in [0.4, 0.5) is 5.69 Å². The minimum absolute atomic E-state index is 0.0920. The highest BCUT2D eigenvalue weighted by molar-refractivity contribution is 6.05. The molecule has 1 heterocycles. The van der Waals surface area contributed by atoms with E-state index in [1.807, 2.05) is 13.8 Å². The van der Waals surface area contributed by atoms with Gasteiger partial charge in [-0.2, -0.15) is 0 Å². The van der Waals surface area contributed by atoms with Crippen molar-refractivity contribution >= 4 is 23.3 Å². The lowest BCUT2D eigenvalue weighted by Gasteiger charge is -2.10. The maximum Gasteiger partial charge on any atom is 0.338 e. The molecule has 2 aromatic rings. The molecule has 0 saturated carbocycles. The number of anilines is 1. The molecule has 0 aromatic heterocycles. The van der Waals surface area contributed by atoms with Crippen molar-refractivity contribution < 1.29 is 23.9 Å². The van der Waals surface area contributed by atoms with E-state index >= 15 is 0 Å². The molecule has 1 atom stereocenters. The molecular formula is C22H23NO5. The van der Waals surface area contributed by atoms with Gasteiger partial charge in [0.2, 0.25) is 5.91 Å². The summed E-state index contributed by atoms with van der Waals surface area (Å²) in [6.07, 6.45) is 0. The summed E-state index contributed by atoms with van der Waals surface area (Å²) in [7, 11) is 0. The summed E-state index contributed by atoms with van der Waals surface area (Å²) in [5.41, 5.74) is 2.22. The average Bonchev–Trinajstić information content (AvgIpc) is 2.97. The summed E-state index contributed by atoms with van der Waals surface area (Å²) >= 11 is 0. The van der Waals surface area contributed by atoms with Crippen molar-refractivity contribution in [3.8, 4) is 5.75 Å². The smallest absolute Gasteiger partial charge is 0.338 e. The molecule has 3 rings (SSSR count). The predicted octanol–water partition coefficient (Wildman–Crippen LogP) is 3.82. The van der Waals surface area contributed by atoms with Crippen molar-refractivity contribution in [1.29, 1.82) is 0 Å².